The predicted octanol–water partition coefficient (Wildman–Crippen LogP) is 5.98. The highest BCUT2D eigenvalue weighted by Crippen LogP contribution is 2.38. The van der Waals surface area contributed by atoms with E-state index in [0.29, 0.717) is 39.8 Å². The molecule has 2 unspecified atom stereocenters. The molecule has 1 aromatic heterocycles. The fourth-order valence-electron chi connectivity index (χ4n) is 6.34. The van der Waals surface area contributed by atoms with Gasteiger partial charge in [0.25, 0.3) is 0 Å². The molecule has 3 atom stereocenters. The molecule has 11 nitrogen and oxygen atoms in total. The summed E-state index contributed by atoms with van der Waals surface area (Å²) in [4.78, 5) is 18.0. The summed E-state index contributed by atoms with van der Waals surface area (Å²) in [5, 5.41) is 41.4. The van der Waals surface area contributed by atoms with Crippen LogP contribution < -0.4 is 19.5 Å². The van der Waals surface area contributed by atoms with E-state index >= 15 is 0 Å². The molecule has 3 aromatic carbocycles. The van der Waals surface area contributed by atoms with Crippen LogP contribution in [0.1, 0.15) is 59.2 Å². The fraction of sp³-hybridized carbons (Fsp3) is 0.375. The molecule has 0 saturated carbocycles. The summed E-state index contributed by atoms with van der Waals surface area (Å²) >= 11 is 6.75. The molecule has 0 amide bonds. The zero-order valence-electron chi connectivity index (χ0n) is 29.6. The summed E-state index contributed by atoms with van der Waals surface area (Å²) < 4.78 is 18.7. The summed E-state index contributed by atoms with van der Waals surface area (Å²) in [6.07, 6.45) is 4.55. The Labute approximate surface area is 309 Å². The van der Waals surface area contributed by atoms with Crippen molar-refractivity contribution in [3.63, 3.8) is 0 Å². The van der Waals surface area contributed by atoms with Crippen molar-refractivity contribution >= 4 is 17.6 Å². The molecule has 12 heteroatoms. The largest absolute Gasteiger partial charge is 0.493 e. The number of nitrogens with one attached hydrogen (secondary N) is 1. The lowest BCUT2D eigenvalue weighted by molar-refractivity contribution is -0.140. The number of nitrogens with zero attached hydrogens (tertiary/aromatic N) is 3. The van der Waals surface area contributed by atoms with Crippen LogP contribution in [0.4, 0.5) is 0 Å². The van der Waals surface area contributed by atoms with Crippen molar-refractivity contribution in [2.45, 2.75) is 65.0 Å². The third-order valence-corrected chi connectivity index (χ3v) is 9.60. The first-order valence-corrected chi connectivity index (χ1v) is 17.7. The lowest BCUT2D eigenvalue weighted by Crippen LogP contribution is -2.41. The Morgan fingerprint density at radius 3 is 2.50 bits per heavy atom. The van der Waals surface area contributed by atoms with Crippen LogP contribution in [-0.4, -0.2) is 76.2 Å². The molecule has 1 saturated heterocycles. The molecule has 52 heavy (non-hydrogen) atoms. The quantitative estimate of drug-likeness (QED) is 0.0949. The third kappa shape index (κ3) is 9.79. The zero-order valence-corrected chi connectivity index (χ0v) is 30.4. The van der Waals surface area contributed by atoms with E-state index in [-0.39, 0.29) is 19.3 Å². The molecule has 0 radical (unpaired) electrons. The number of aliphatic carboxylic acids is 1. The molecule has 5 rings (SSSR count). The summed E-state index contributed by atoms with van der Waals surface area (Å²) in [5.41, 5.74) is 6.80. The molecule has 4 aromatic rings. The van der Waals surface area contributed by atoms with Gasteiger partial charge in [-0.25, -0.2) is 0 Å². The van der Waals surface area contributed by atoms with E-state index in [1.165, 1.54) is 6.20 Å². The van der Waals surface area contributed by atoms with Gasteiger partial charge in [-0.2, -0.15) is 5.26 Å². The van der Waals surface area contributed by atoms with Crippen LogP contribution in [0.25, 0.3) is 11.1 Å². The molecule has 1 fully saturated rings. The monoisotopic (exact) mass is 728 g/mol. The van der Waals surface area contributed by atoms with Crippen LogP contribution in [0, 0.1) is 25.2 Å². The topological polar surface area (TPSA) is 157 Å². The number of β-amino-alcohol motifs (C(OH)–C–C–N with tert-alkyl or cyclic N) is 1. The first-order valence-electron chi connectivity index (χ1n) is 17.3. The van der Waals surface area contributed by atoms with E-state index in [1.54, 1.807) is 31.3 Å². The number of hydrogen-bond donors (Lipinski definition) is 4. The van der Waals surface area contributed by atoms with Crippen LogP contribution >= 0.6 is 11.6 Å². The minimum absolute atomic E-state index is 0.0809. The number of ether oxygens (including phenoxy) is 3. The highest BCUT2D eigenvalue weighted by Gasteiger charge is 2.24. The minimum Gasteiger partial charge on any atom is -0.493 e. The first-order chi connectivity index (χ1) is 25.1. The van der Waals surface area contributed by atoms with E-state index in [0.717, 1.165) is 66.0 Å². The van der Waals surface area contributed by atoms with Gasteiger partial charge in [0.1, 0.15) is 42.6 Å². The van der Waals surface area contributed by atoms with Gasteiger partial charge in [-0.3, -0.25) is 15.1 Å². The Balaban J connectivity index is 1.33. The lowest BCUT2D eigenvalue weighted by atomic mass is 9.93. The number of aromatic nitrogens is 1. The van der Waals surface area contributed by atoms with Crippen molar-refractivity contribution < 1.29 is 34.3 Å². The number of rotatable bonds is 17. The van der Waals surface area contributed by atoms with E-state index in [2.05, 4.69) is 47.3 Å². The van der Waals surface area contributed by atoms with Crippen LogP contribution in [-0.2, 0) is 18.0 Å². The standard InChI is InChI=1S/C40H45ClN4O7/c1-25-30(7-4-8-32(25)33-9-5-10-37(26(33)2)50-14-6-12-45-13-11-31(47)21-45)24-52-39-17-38(51-23-29-15-28(18-42)19-43-20-29)34(16-35(39)41)27(3)44-36(22-46)40(48)49/h4-5,7-10,15-17,19-20,27,31,36,44,46-47H,6,11-14,21-24H2,1-3H3,(H,48,49)/t27?,31?,36-/m0/s1. The maximum absolute atomic E-state index is 11.6. The van der Waals surface area contributed by atoms with Crippen molar-refractivity contribution in [2.75, 3.05) is 32.8 Å². The Kier molecular flexibility index (Phi) is 13.5. The van der Waals surface area contributed by atoms with Crippen molar-refractivity contribution in [3.8, 4) is 34.4 Å². The molecule has 0 bridgehead atoms. The summed E-state index contributed by atoms with van der Waals surface area (Å²) in [7, 11) is 0. The number of aliphatic hydroxyl groups excluding tert-OH is 2. The van der Waals surface area contributed by atoms with Crippen LogP contribution in [0.5, 0.6) is 17.2 Å². The van der Waals surface area contributed by atoms with Crippen LogP contribution in [0.15, 0.2) is 67.0 Å². The number of halogens is 1. The number of pyridine rings is 1. The predicted molar refractivity (Wildman–Crippen MR) is 198 cm³/mol. The highest BCUT2D eigenvalue weighted by molar-refractivity contribution is 6.32. The number of hydrogen-bond acceptors (Lipinski definition) is 10. The number of carboxylic acid groups (broad SMARTS) is 1. The molecule has 0 aliphatic carbocycles. The third-order valence-electron chi connectivity index (χ3n) is 9.31. The van der Waals surface area contributed by atoms with E-state index in [4.69, 9.17) is 25.8 Å². The Morgan fingerprint density at radius 1 is 1.04 bits per heavy atom. The van der Waals surface area contributed by atoms with Crippen molar-refractivity contribution in [3.05, 3.63) is 105 Å². The second-order valence-electron chi connectivity index (χ2n) is 13.0. The lowest BCUT2D eigenvalue weighted by Gasteiger charge is -2.23. The second kappa shape index (κ2) is 18.2. The molecular formula is C40H45ClN4O7. The van der Waals surface area contributed by atoms with Gasteiger partial charge in [0.2, 0.25) is 0 Å². The Bertz CT molecular complexity index is 1900. The molecule has 1 aliphatic heterocycles. The molecule has 1 aliphatic rings. The maximum atomic E-state index is 11.6. The van der Waals surface area contributed by atoms with Gasteiger partial charge in [0.15, 0.2) is 0 Å². The minimum atomic E-state index is -1.20. The fourth-order valence-corrected chi connectivity index (χ4v) is 6.57. The average Bonchev–Trinajstić information content (AvgIpc) is 3.56. The van der Waals surface area contributed by atoms with Crippen molar-refractivity contribution in [2.24, 2.45) is 0 Å². The number of carbonyl (C=O) groups is 1. The van der Waals surface area contributed by atoms with Crippen molar-refractivity contribution in [1.29, 1.82) is 5.26 Å². The smallest absolute Gasteiger partial charge is 0.323 e. The molecular weight excluding hydrogens is 684 g/mol. The first kappa shape index (κ1) is 38.5. The number of nitriles is 1. The van der Waals surface area contributed by atoms with E-state index < -0.39 is 24.7 Å². The van der Waals surface area contributed by atoms with Gasteiger partial charge in [-0.1, -0.05) is 41.9 Å². The maximum Gasteiger partial charge on any atom is 0.323 e. The Morgan fingerprint density at radius 2 is 1.79 bits per heavy atom. The molecule has 4 N–H and O–H groups in total. The SMILES string of the molecule is Cc1c(COc2cc(OCc3cncc(C#N)c3)c(C(C)N[C@@H](CO)C(=O)O)cc2Cl)cccc1-c1cccc(OCCCN2CCC(O)C2)c1C. The number of carboxylic acids is 1. The van der Waals surface area contributed by atoms with Crippen LogP contribution in [0.2, 0.25) is 5.02 Å². The van der Waals surface area contributed by atoms with Gasteiger partial charge in [0.05, 0.1) is 29.9 Å². The number of likely N-dealkylation sites (tertiary alicyclic amines) is 1. The van der Waals surface area contributed by atoms with Gasteiger partial charge in [0, 0.05) is 55.3 Å². The average molecular weight is 729 g/mol. The second-order valence-corrected chi connectivity index (χ2v) is 13.4. The molecule has 2 heterocycles. The number of aliphatic hydroxyl groups is 2. The van der Waals surface area contributed by atoms with Gasteiger partial charge >= 0.3 is 5.97 Å². The summed E-state index contributed by atoms with van der Waals surface area (Å²) in [6.45, 7) is 8.71. The summed E-state index contributed by atoms with van der Waals surface area (Å²) in [5.74, 6) is 0.407. The van der Waals surface area contributed by atoms with E-state index in [1.807, 2.05) is 24.3 Å². The zero-order chi connectivity index (χ0) is 37.2. The van der Waals surface area contributed by atoms with Gasteiger partial charge in [-0.15, -0.1) is 0 Å². The highest BCUT2D eigenvalue weighted by atomic mass is 35.5. The summed E-state index contributed by atoms with van der Waals surface area (Å²) in [6, 6.07) is 17.5. The normalized spacial score (nSPS) is 15.5. The van der Waals surface area contributed by atoms with Crippen molar-refractivity contribution in [1.82, 2.24) is 15.2 Å². The van der Waals surface area contributed by atoms with Gasteiger partial charge in [-0.05, 0) is 79.6 Å². The molecule has 0 spiro atoms. The Hall–Kier alpha value is -4.70. The number of benzene rings is 3. The van der Waals surface area contributed by atoms with Crippen LogP contribution in [0.3, 0.4) is 0 Å². The van der Waals surface area contributed by atoms with Gasteiger partial charge < -0.3 is 34.4 Å². The van der Waals surface area contributed by atoms with E-state index in [9.17, 15) is 25.4 Å². The molecule has 274 valence electrons.